The van der Waals surface area contributed by atoms with E-state index in [-0.39, 0.29) is 24.7 Å². The molecule has 250 valence electrons. The van der Waals surface area contributed by atoms with E-state index in [0.717, 1.165) is 52.9 Å². The molecule has 5 atom stereocenters. The lowest BCUT2D eigenvalue weighted by atomic mass is 9.65. The van der Waals surface area contributed by atoms with E-state index in [1.807, 2.05) is 24.3 Å². The van der Waals surface area contributed by atoms with E-state index in [1.54, 1.807) is 24.5 Å². The van der Waals surface area contributed by atoms with Gasteiger partial charge >= 0.3 is 0 Å². The average molecular weight is 646 g/mol. The molecule has 3 heterocycles. The number of fused-ring (bicyclic) bond motifs is 2. The third kappa shape index (κ3) is 7.40. The summed E-state index contributed by atoms with van der Waals surface area (Å²) in [5.41, 5.74) is 7.40. The number of benzene rings is 3. The van der Waals surface area contributed by atoms with Crippen LogP contribution in [0, 0.1) is 10.8 Å². The maximum absolute atomic E-state index is 12.6. The lowest BCUT2D eigenvalue weighted by Gasteiger charge is -2.41. The number of carbonyl (C=O) groups excluding carboxylic acids is 1. The van der Waals surface area contributed by atoms with Crippen molar-refractivity contribution in [3.8, 4) is 11.1 Å². The van der Waals surface area contributed by atoms with Gasteiger partial charge in [-0.1, -0.05) is 81.4 Å². The van der Waals surface area contributed by atoms with E-state index >= 15 is 0 Å². The van der Waals surface area contributed by atoms with Crippen molar-refractivity contribution < 1.29 is 19.4 Å². The number of nitrogens with zero attached hydrogens (tertiary/aromatic N) is 2. The number of aromatic nitrogens is 1. The number of amides is 1. The second-order valence-corrected chi connectivity index (χ2v) is 15.2. The fourth-order valence-corrected chi connectivity index (χ4v) is 8.59. The van der Waals surface area contributed by atoms with Gasteiger partial charge in [0.2, 0.25) is 0 Å². The highest BCUT2D eigenvalue weighted by Crippen LogP contribution is 2.53. The minimum absolute atomic E-state index is 0.0211. The van der Waals surface area contributed by atoms with Crippen molar-refractivity contribution in [2.45, 2.75) is 84.1 Å². The highest BCUT2D eigenvalue weighted by atomic mass is 16.7. The van der Waals surface area contributed by atoms with Crippen molar-refractivity contribution >= 4 is 5.91 Å². The first-order valence-electron chi connectivity index (χ1n) is 17.3. The van der Waals surface area contributed by atoms with Crippen LogP contribution in [0.15, 0.2) is 97.3 Å². The minimum atomic E-state index is -0.512. The maximum atomic E-state index is 12.6. The summed E-state index contributed by atoms with van der Waals surface area (Å²) in [7, 11) is 0. The lowest BCUT2D eigenvalue weighted by Crippen LogP contribution is -2.42. The molecule has 2 N–H and O–H groups in total. The summed E-state index contributed by atoms with van der Waals surface area (Å²) in [5.74, 6) is -0.146. The van der Waals surface area contributed by atoms with Crippen LogP contribution in [0.25, 0.3) is 11.1 Å². The molecule has 1 aromatic heterocycles. The molecule has 0 spiro atoms. The molecule has 1 aliphatic carbocycles. The molecule has 1 amide bonds. The Morgan fingerprint density at radius 3 is 2.48 bits per heavy atom. The van der Waals surface area contributed by atoms with Crippen LogP contribution < -0.4 is 5.32 Å². The minimum Gasteiger partial charge on any atom is -0.392 e. The zero-order chi connectivity index (χ0) is 33.3. The summed E-state index contributed by atoms with van der Waals surface area (Å²) in [4.78, 5) is 19.3. The molecule has 1 saturated carbocycles. The summed E-state index contributed by atoms with van der Waals surface area (Å²) >= 11 is 0. The quantitative estimate of drug-likeness (QED) is 0.195. The number of aliphatic hydroxyl groups excluding tert-OH is 1. The van der Waals surface area contributed by atoms with Crippen LogP contribution in [0.3, 0.4) is 0 Å². The predicted molar refractivity (Wildman–Crippen MR) is 187 cm³/mol. The van der Waals surface area contributed by atoms with Gasteiger partial charge in [-0.05, 0) is 82.2 Å². The third-order valence-corrected chi connectivity index (χ3v) is 10.4. The number of nitrogens with one attached hydrogen (secondary N) is 1. The molecular formula is C41H47N3O4. The Morgan fingerprint density at radius 2 is 1.71 bits per heavy atom. The van der Waals surface area contributed by atoms with Crippen LogP contribution in [0.4, 0.5) is 0 Å². The molecular weight excluding hydrogens is 598 g/mol. The van der Waals surface area contributed by atoms with Crippen LogP contribution in [-0.2, 0) is 22.6 Å². The third-order valence-electron chi connectivity index (χ3n) is 10.4. The van der Waals surface area contributed by atoms with Gasteiger partial charge in [-0.25, -0.2) is 0 Å². The van der Waals surface area contributed by atoms with Crippen molar-refractivity contribution in [2.24, 2.45) is 10.8 Å². The molecule has 7 nitrogen and oxygen atoms in total. The van der Waals surface area contributed by atoms with Crippen LogP contribution in [0.2, 0.25) is 0 Å². The molecule has 3 fully saturated rings. The Kier molecular flexibility index (Phi) is 9.22. The summed E-state index contributed by atoms with van der Waals surface area (Å²) < 4.78 is 13.6. The summed E-state index contributed by atoms with van der Waals surface area (Å²) in [6.07, 6.45) is 7.18. The Morgan fingerprint density at radius 1 is 0.917 bits per heavy atom. The zero-order valence-electron chi connectivity index (χ0n) is 28.3. The number of pyridine rings is 1. The molecule has 7 heteroatoms. The van der Waals surface area contributed by atoms with E-state index in [0.29, 0.717) is 29.0 Å². The molecule has 2 saturated heterocycles. The fraction of sp³-hybridized carbons (Fsp3) is 0.415. The van der Waals surface area contributed by atoms with Gasteiger partial charge in [-0.15, -0.1) is 0 Å². The molecule has 3 aromatic carbocycles. The molecule has 5 unspecified atom stereocenters. The molecule has 4 aromatic rings. The highest BCUT2D eigenvalue weighted by Gasteiger charge is 2.50. The van der Waals surface area contributed by atoms with Gasteiger partial charge in [0.1, 0.15) is 0 Å². The van der Waals surface area contributed by atoms with Gasteiger partial charge in [0, 0.05) is 50.1 Å². The Labute approximate surface area is 284 Å². The van der Waals surface area contributed by atoms with Crippen molar-refractivity contribution in [1.29, 1.82) is 0 Å². The average Bonchev–Trinajstić information content (AvgIpc) is 3.34. The smallest absolute Gasteiger partial charge is 0.253 e. The Bertz CT molecular complexity index is 1730. The largest absolute Gasteiger partial charge is 0.392 e. The van der Waals surface area contributed by atoms with E-state index in [9.17, 15) is 9.90 Å². The lowest BCUT2D eigenvalue weighted by molar-refractivity contribution is -0.253. The van der Waals surface area contributed by atoms with Gasteiger partial charge in [-0.2, -0.15) is 0 Å². The van der Waals surface area contributed by atoms with Crippen LogP contribution >= 0.6 is 0 Å². The normalized spacial score (nSPS) is 26.7. The molecule has 48 heavy (non-hydrogen) atoms. The number of rotatable bonds is 9. The highest BCUT2D eigenvalue weighted by molar-refractivity contribution is 5.93. The van der Waals surface area contributed by atoms with Crippen molar-refractivity contribution in [1.82, 2.24) is 15.2 Å². The van der Waals surface area contributed by atoms with Gasteiger partial charge < -0.3 is 19.9 Å². The van der Waals surface area contributed by atoms with Crippen LogP contribution in [0.1, 0.15) is 91.5 Å². The molecule has 2 aliphatic heterocycles. The monoisotopic (exact) mass is 645 g/mol. The fourth-order valence-electron chi connectivity index (χ4n) is 8.59. The van der Waals surface area contributed by atoms with Crippen LogP contribution in [0.5, 0.6) is 0 Å². The Hall–Kier alpha value is -3.88. The second kappa shape index (κ2) is 13.6. The van der Waals surface area contributed by atoms with Crippen molar-refractivity contribution in [3.63, 3.8) is 0 Å². The number of likely N-dealkylation sites (tertiary alicyclic amines) is 1. The number of ether oxygens (including phenoxy) is 2. The topological polar surface area (TPSA) is 83.9 Å². The van der Waals surface area contributed by atoms with E-state index in [2.05, 4.69) is 84.5 Å². The number of hydrogen-bond acceptors (Lipinski definition) is 6. The zero-order valence-corrected chi connectivity index (χ0v) is 28.3. The number of aliphatic hydroxyl groups is 1. The summed E-state index contributed by atoms with van der Waals surface area (Å²) in [6, 6.07) is 28.9. The molecule has 3 aliphatic rings. The summed E-state index contributed by atoms with van der Waals surface area (Å²) in [5, 5.41) is 12.6. The number of hydrogen-bond donors (Lipinski definition) is 2. The first kappa shape index (κ1) is 32.7. The summed E-state index contributed by atoms with van der Waals surface area (Å²) in [6.45, 7) is 9.78. The molecule has 7 rings (SSSR count). The predicted octanol–water partition coefficient (Wildman–Crippen LogP) is 7.62. The van der Waals surface area contributed by atoms with Crippen molar-refractivity contribution in [2.75, 3.05) is 13.1 Å². The standard InChI is InChI=1S/C41H47N3O4/c1-40(2)20-35-21-41(3,26-40)27-44(35)24-36-19-37(30-14-12-28(25-45)13-15-30)48-39(47-36)33-10-5-9-32(18-33)31-8-4-7-29(17-31)22-43-38(46)34-11-6-16-42-23-34/h4-18,23,35-37,39,45H,19-22,24-27H2,1-3H3,(H,43,46). The van der Waals surface area contributed by atoms with E-state index in [4.69, 9.17) is 9.47 Å². The van der Waals surface area contributed by atoms with Crippen LogP contribution in [-0.4, -0.2) is 46.1 Å². The number of carbonyl (C=O) groups is 1. The van der Waals surface area contributed by atoms with E-state index in [1.165, 1.54) is 19.3 Å². The van der Waals surface area contributed by atoms with Gasteiger partial charge in [0.15, 0.2) is 6.29 Å². The molecule has 2 bridgehead atoms. The Balaban J connectivity index is 1.10. The van der Waals surface area contributed by atoms with Crippen molar-refractivity contribution in [3.05, 3.63) is 125 Å². The first-order chi connectivity index (χ1) is 23.1. The first-order valence-corrected chi connectivity index (χ1v) is 17.3. The second-order valence-electron chi connectivity index (χ2n) is 15.2. The van der Waals surface area contributed by atoms with Gasteiger partial charge in [0.25, 0.3) is 5.91 Å². The molecule has 0 radical (unpaired) electrons. The SMILES string of the molecule is CC1(C)CC2CC(C)(CN2CC2CC(c3ccc(CO)cc3)OC(c3cccc(-c4cccc(CNC(=O)c5cccnc5)c4)c3)O2)C1. The van der Waals surface area contributed by atoms with E-state index < -0.39 is 6.29 Å². The van der Waals surface area contributed by atoms with Gasteiger partial charge in [0.05, 0.1) is 24.4 Å². The maximum Gasteiger partial charge on any atom is 0.253 e. The van der Waals surface area contributed by atoms with Gasteiger partial charge in [-0.3, -0.25) is 14.7 Å².